The Morgan fingerprint density at radius 1 is 0.887 bits per heavy atom. The van der Waals surface area contributed by atoms with Gasteiger partial charge in [-0.3, -0.25) is 14.7 Å². The van der Waals surface area contributed by atoms with E-state index < -0.39 is 34.6 Å². The summed E-state index contributed by atoms with van der Waals surface area (Å²) >= 11 is 6.31. The molecule has 3 aliphatic rings. The van der Waals surface area contributed by atoms with Gasteiger partial charge in [0.2, 0.25) is 0 Å². The van der Waals surface area contributed by atoms with Crippen LogP contribution in [0.2, 0.25) is 5.02 Å². The van der Waals surface area contributed by atoms with Gasteiger partial charge in [0.1, 0.15) is 22.6 Å². The fourth-order valence-electron chi connectivity index (χ4n) is 11.4. The number of nitrogens with zero attached hydrogens (tertiary/aromatic N) is 3. The number of rotatable bonds is 19. The Morgan fingerprint density at radius 2 is 1.62 bits per heavy atom. The largest absolute Gasteiger partial charge is 0.494 e. The van der Waals surface area contributed by atoms with Crippen molar-refractivity contribution in [3.8, 4) is 11.5 Å². The van der Waals surface area contributed by atoms with Gasteiger partial charge < -0.3 is 23.8 Å². The molecule has 2 amide bonds. The molecule has 3 aromatic carbocycles. The number of fused-ring (bicyclic) bond motifs is 3. The highest BCUT2D eigenvalue weighted by Crippen LogP contribution is 2.58. The zero-order valence-corrected chi connectivity index (χ0v) is 43.0. The Morgan fingerprint density at radius 3 is 2.31 bits per heavy atom. The van der Waals surface area contributed by atoms with Crippen LogP contribution >= 0.6 is 11.6 Å². The summed E-state index contributed by atoms with van der Waals surface area (Å²) in [6.07, 6.45) is 5.34. The topological polar surface area (TPSA) is 108 Å². The van der Waals surface area contributed by atoms with Crippen molar-refractivity contribution in [1.82, 2.24) is 9.88 Å². The monoisotopic (exact) mass is 1000 g/mol. The minimum atomic E-state index is -5.29. The molecule has 1 heterocycles. The van der Waals surface area contributed by atoms with Gasteiger partial charge in [0.05, 0.1) is 20.3 Å². The average Bonchev–Trinajstić information content (AvgIpc) is 3.61. The molecule has 1 spiro atoms. The van der Waals surface area contributed by atoms with Gasteiger partial charge in [0, 0.05) is 41.3 Å². The molecule has 384 valence electrons. The fraction of sp³-hybridized carbons (Fsp3) is 0.544. The lowest BCUT2D eigenvalue weighted by molar-refractivity contribution is -0.174. The fourth-order valence-corrected chi connectivity index (χ4v) is 11.6. The number of unbranched alkanes of at least 4 members (excludes halogenated alkanes) is 2. The molecular formula is C57H71ClF3N3O7. The SMILES string of the molecule is COC(=O)C1(N(C(=O)C(F)(F)F)c2cccc(Cl)c2)CCC2(CC1)c1cc(OCCCCN(CCCCc3ccccc3)C(=O)OC(C)(C)C)ccc1C[C@@H]2C[C@@H](C)COc1ccnc2c1[C@H](C)CCC2. The van der Waals surface area contributed by atoms with Crippen molar-refractivity contribution < 1.29 is 46.5 Å². The van der Waals surface area contributed by atoms with Crippen LogP contribution in [0.5, 0.6) is 11.5 Å². The third kappa shape index (κ3) is 12.8. The number of methoxy groups -OCH3 is 1. The van der Waals surface area contributed by atoms with Gasteiger partial charge in [0.25, 0.3) is 0 Å². The number of benzene rings is 3. The maximum Gasteiger partial charge on any atom is 0.471 e. The molecule has 3 aliphatic carbocycles. The van der Waals surface area contributed by atoms with Gasteiger partial charge in [-0.15, -0.1) is 0 Å². The molecular weight excluding hydrogens is 931 g/mol. The number of hydrogen-bond donors (Lipinski definition) is 0. The van der Waals surface area contributed by atoms with E-state index in [1.807, 2.05) is 57.3 Å². The highest BCUT2D eigenvalue weighted by molar-refractivity contribution is 6.31. The molecule has 0 N–H and O–H groups in total. The number of carbonyl (C=O) groups excluding carboxylic acids is 3. The number of ether oxygens (including phenoxy) is 4. The third-order valence-electron chi connectivity index (χ3n) is 14.9. The van der Waals surface area contributed by atoms with Crippen molar-refractivity contribution in [2.24, 2.45) is 11.8 Å². The van der Waals surface area contributed by atoms with Crippen LogP contribution in [0.4, 0.5) is 23.7 Å². The quantitative estimate of drug-likeness (QED) is 0.0675. The van der Waals surface area contributed by atoms with Crippen LogP contribution in [0.1, 0.15) is 139 Å². The number of alkyl halides is 3. The minimum absolute atomic E-state index is 0.0387. The smallest absolute Gasteiger partial charge is 0.471 e. The van der Waals surface area contributed by atoms with Gasteiger partial charge in [-0.2, -0.15) is 13.2 Å². The highest BCUT2D eigenvalue weighted by Gasteiger charge is 2.60. The van der Waals surface area contributed by atoms with Gasteiger partial charge in [-0.25, -0.2) is 9.59 Å². The van der Waals surface area contributed by atoms with E-state index in [9.17, 15) is 27.6 Å². The van der Waals surface area contributed by atoms with Crippen LogP contribution in [0.25, 0.3) is 0 Å². The molecule has 0 saturated heterocycles. The van der Waals surface area contributed by atoms with E-state index in [1.54, 1.807) is 4.90 Å². The van der Waals surface area contributed by atoms with Crippen LogP contribution in [-0.2, 0) is 43.7 Å². The van der Waals surface area contributed by atoms with Gasteiger partial charge in [-0.1, -0.05) is 67.9 Å². The molecule has 71 heavy (non-hydrogen) atoms. The summed E-state index contributed by atoms with van der Waals surface area (Å²) in [4.78, 5) is 47.9. The Kier molecular flexibility index (Phi) is 17.4. The standard InChI is InChI=1S/C57H71ClF3N3O7/c1-39(38-70-49-25-30-62-48-22-14-16-40(2)50(48)49)34-43-35-42-23-24-46(69-33-13-12-32-63(53(67)71-54(3,4)5)31-11-10-19-41-17-8-7-9-18-41)37-47(42)55(43)26-28-56(29-27-55,52(66)68-6)64(51(65)57(59,60)61)45-21-15-20-44(58)36-45/h7-9,15,17-18,20-21,23-25,30,36-37,39-40,43H,10-14,16,19,22,26-29,31-35,38H2,1-6H3/t39-,40-,43+,55?,56?/m1/s1. The summed E-state index contributed by atoms with van der Waals surface area (Å²) < 4.78 is 67.9. The normalized spacial score (nSPS) is 21.2. The number of anilines is 1. The van der Waals surface area contributed by atoms with Crippen molar-refractivity contribution in [2.45, 2.75) is 153 Å². The summed E-state index contributed by atoms with van der Waals surface area (Å²) in [5.74, 6) is -1.05. The molecule has 14 heteroatoms. The first-order valence-corrected chi connectivity index (χ1v) is 25.9. The lowest BCUT2D eigenvalue weighted by atomic mass is 9.59. The Bertz CT molecular complexity index is 2450. The summed E-state index contributed by atoms with van der Waals surface area (Å²) in [5, 5.41) is 0.125. The molecule has 0 aliphatic heterocycles. The second-order valence-electron chi connectivity index (χ2n) is 21.1. The first-order chi connectivity index (χ1) is 33.8. The average molecular weight is 1000 g/mol. The van der Waals surface area contributed by atoms with Crippen molar-refractivity contribution in [2.75, 3.05) is 38.3 Å². The maximum atomic E-state index is 14.6. The molecule has 1 aromatic heterocycles. The Labute approximate surface area is 422 Å². The molecule has 1 saturated carbocycles. The van der Waals surface area contributed by atoms with Crippen LogP contribution in [-0.4, -0.2) is 78.6 Å². The van der Waals surface area contributed by atoms with E-state index in [0.717, 1.165) is 81.0 Å². The van der Waals surface area contributed by atoms with Gasteiger partial charge >= 0.3 is 24.1 Å². The second-order valence-corrected chi connectivity index (χ2v) is 21.5. The van der Waals surface area contributed by atoms with Gasteiger partial charge in [0.15, 0.2) is 0 Å². The zero-order chi connectivity index (χ0) is 51.0. The molecule has 0 bridgehead atoms. The first kappa shape index (κ1) is 53.5. The summed E-state index contributed by atoms with van der Waals surface area (Å²) in [6, 6.07) is 24.0. The number of pyridine rings is 1. The van der Waals surface area contributed by atoms with Crippen molar-refractivity contribution >= 4 is 35.3 Å². The second kappa shape index (κ2) is 23.1. The number of aryl methyl sites for hydroxylation is 2. The summed E-state index contributed by atoms with van der Waals surface area (Å²) in [7, 11) is 1.14. The van der Waals surface area contributed by atoms with Crippen LogP contribution in [0.15, 0.2) is 85.1 Å². The predicted molar refractivity (Wildman–Crippen MR) is 270 cm³/mol. The zero-order valence-electron chi connectivity index (χ0n) is 42.3. The number of amides is 2. The van der Waals surface area contributed by atoms with E-state index in [1.165, 1.54) is 35.4 Å². The molecule has 7 rings (SSSR count). The van der Waals surface area contributed by atoms with Crippen molar-refractivity contribution in [3.05, 3.63) is 118 Å². The summed E-state index contributed by atoms with van der Waals surface area (Å²) in [6.45, 7) is 12.0. The minimum Gasteiger partial charge on any atom is -0.494 e. The molecule has 3 atom stereocenters. The highest BCUT2D eigenvalue weighted by atomic mass is 35.5. The van der Waals surface area contributed by atoms with E-state index in [0.29, 0.717) is 68.6 Å². The lowest BCUT2D eigenvalue weighted by Gasteiger charge is -2.51. The van der Waals surface area contributed by atoms with Gasteiger partial charge in [-0.05, 0) is 187 Å². The van der Waals surface area contributed by atoms with Crippen molar-refractivity contribution in [1.29, 1.82) is 0 Å². The Hall–Kier alpha value is -5.30. The van der Waals surface area contributed by atoms with E-state index in [4.69, 9.17) is 30.5 Å². The number of hydrogen-bond acceptors (Lipinski definition) is 8. The van der Waals surface area contributed by atoms with E-state index >= 15 is 0 Å². The number of carbonyl (C=O) groups is 3. The molecule has 0 radical (unpaired) electrons. The summed E-state index contributed by atoms with van der Waals surface area (Å²) in [5.41, 5.74) is 2.44. The lowest BCUT2D eigenvalue weighted by Crippen LogP contribution is -2.63. The number of esters is 1. The van der Waals surface area contributed by atoms with Crippen LogP contribution in [0.3, 0.4) is 0 Å². The van der Waals surface area contributed by atoms with Crippen molar-refractivity contribution in [3.63, 3.8) is 0 Å². The third-order valence-corrected chi connectivity index (χ3v) is 15.1. The van der Waals surface area contributed by atoms with Crippen LogP contribution in [0, 0.1) is 11.8 Å². The number of halogens is 4. The maximum absolute atomic E-state index is 14.6. The molecule has 10 nitrogen and oxygen atoms in total. The molecule has 4 aromatic rings. The first-order valence-electron chi connectivity index (χ1n) is 25.5. The molecule has 0 unspecified atom stereocenters. The number of aromatic nitrogens is 1. The molecule has 1 fully saturated rings. The van der Waals surface area contributed by atoms with E-state index in [2.05, 4.69) is 43.1 Å². The van der Waals surface area contributed by atoms with E-state index in [-0.39, 0.29) is 41.5 Å². The van der Waals surface area contributed by atoms with Crippen LogP contribution < -0.4 is 14.4 Å². The predicted octanol–water partition coefficient (Wildman–Crippen LogP) is 13.2. The Balaban J connectivity index is 1.10.